The first kappa shape index (κ1) is 16.0. The third kappa shape index (κ3) is 3.08. The molecule has 1 aliphatic heterocycles. The Labute approximate surface area is 146 Å². The lowest BCUT2D eigenvalue weighted by molar-refractivity contribution is 0.432. The second kappa shape index (κ2) is 6.78. The van der Waals surface area contributed by atoms with Gasteiger partial charge < -0.3 is 10.6 Å². The Bertz CT molecular complexity index is 943. The molecule has 2 N–H and O–H groups in total. The van der Waals surface area contributed by atoms with E-state index in [1.165, 1.54) is 0 Å². The number of hydrogen-bond acceptors (Lipinski definition) is 4. The first-order chi connectivity index (χ1) is 12.2. The maximum Gasteiger partial charge on any atom is 0.262 e. The summed E-state index contributed by atoms with van der Waals surface area (Å²) in [6.45, 7) is 5.12. The number of aromatic nitrogens is 2. The normalized spacial score (nSPS) is 17.7. The van der Waals surface area contributed by atoms with Gasteiger partial charge in [-0.05, 0) is 24.1 Å². The van der Waals surface area contributed by atoms with Gasteiger partial charge in [-0.1, -0.05) is 42.5 Å². The number of piperazine rings is 1. The Morgan fingerprint density at radius 2 is 1.96 bits per heavy atom. The van der Waals surface area contributed by atoms with E-state index in [1.54, 1.807) is 4.57 Å². The van der Waals surface area contributed by atoms with E-state index in [-0.39, 0.29) is 11.6 Å². The number of aryl methyl sites for hydroxylation is 1. The summed E-state index contributed by atoms with van der Waals surface area (Å²) in [6.07, 6.45) is 0. The molecular weight excluding hydrogens is 312 g/mol. The van der Waals surface area contributed by atoms with E-state index in [9.17, 15) is 4.79 Å². The smallest absolute Gasteiger partial charge is 0.262 e. The Morgan fingerprint density at radius 3 is 2.72 bits per heavy atom. The van der Waals surface area contributed by atoms with Crippen LogP contribution in [0.1, 0.15) is 23.0 Å². The SMILES string of the molecule is Cc1nc2cccc(C3CNCCN3)c2c(=O)n1Cc1ccccc1. The lowest BCUT2D eigenvalue weighted by Gasteiger charge is -2.26. The van der Waals surface area contributed by atoms with Gasteiger partial charge in [0, 0.05) is 25.7 Å². The van der Waals surface area contributed by atoms with Crippen molar-refractivity contribution >= 4 is 10.9 Å². The van der Waals surface area contributed by atoms with E-state index in [0.29, 0.717) is 6.54 Å². The van der Waals surface area contributed by atoms with Crippen LogP contribution in [0.25, 0.3) is 10.9 Å². The van der Waals surface area contributed by atoms with E-state index in [2.05, 4.69) is 10.6 Å². The summed E-state index contributed by atoms with van der Waals surface area (Å²) < 4.78 is 1.78. The van der Waals surface area contributed by atoms with E-state index >= 15 is 0 Å². The highest BCUT2D eigenvalue weighted by molar-refractivity contribution is 5.82. The first-order valence-corrected chi connectivity index (χ1v) is 8.72. The average molecular weight is 334 g/mol. The van der Waals surface area contributed by atoms with Crippen molar-refractivity contribution < 1.29 is 0 Å². The zero-order valence-electron chi connectivity index (χ0n) is 14.3. The third-order valence-corrected chi connectivity index (χ3v) is 4.81. The lowest BCUT2D eigenvalue weighted by Crippen LogP contribution is -2.43. The molecule has 25 heavy (non-hydrogen) atoms. The standard InChI is InChI=1S/C20H22N4O/c1-14-23-17-9-5-8-16(18-12-21-10-11-22-18)19(17)20(25)24(14)13-15-6-3-2-4-7-15/h2-9,18,21-22H,10-13H2,1H3. The maximum absolute atomic E-state index is 13.3. The van der Waals surface area contributed by atoms with Gasteiger partial charge in [0.2, 0.25) is 0 Å². The molecule has 1 atom stereocenters. The molecule has 0 bridgehead atoms. The molecular formula is C20H22N4O. The van der Waals surface area contributed by atoms with Crippen molar-refractivity contribution in [2.24, 2.45) is 0 Å². The number of nitrogens with one attached hydrogen (secondary N) is 2. The zero-order chi connectivity index (χ0) is 17.2. The molecule has 5 heteroatoms. The third-order valence-electron chi connectivity index (χ3n) is 4.81. The fraction of sp³-hybridized carbons (Fsp3) is 0.300. The summed E-state index contributed by atoms with van der Waals surface area (Å²) in [6, 6.07) is 16.1. The monoisotopic (exact) mass is 334 g/mol. The quantitative estimate of drug-likeness (QED) is 0.769. The minimum atomic E-state index is 0.0364. The summed E-state index contributed by atoms with van der Waals surface area (Å²) in [4.78, 5) is 18.0. The van der Waals surface area contributed by atoms with Gasteiger partial charge in [-0.3, -0.25) is 9.36 Å². The van der Waals surface area contributed by atoms with Crippen molar-refractivity contribution in [2.75, 3.05) is 19.6 Å². The molecule has 1 aromatic heterocycles. The second-order valence-electron chi connectivity index (χ2n) is 6.49. The zero-order valence-corrected chi connectivity index (χ0v) is 14.3. The molecule has 1 unspecified atom stereocenters. The van der Waals surface area contributed by atoms with Gasteiger partial charge in [-0.25, -0.2) is 4.98 Å². The molecule has 5 nitrogen and oxygen atoms in total. The van der Waals surface area contributed by atoms with Crippen molar-refractivity contribution in [2.45, 2.75) is 19.5 Å². The number of rotatable bonds is 3. The van der Waals surface area contributed by atoms with Gasteiger partial charge in [0.1, 0.15) is 5.82 Å². The summed E-state index contributed by atoms with van der Waals surface area (Å²) in [5.74, 6) is 0.744. The Morgan fingerprint density at radius 1 is 1.12 bits per heavy atom. The van der Waals surface area contributed by atoms with Crippen LogP contribution in [-0.4, -0.2) is 29.2 Å². The van der Waals surface area contributed by atoms with E-state index in [0.717, 1.165) is 47.5 Å². The molecule has 1 fully saturated rings. The predicted octanol–water partition coefficient (Wildman–Crippen LogP) is 1.99. The van der Waals surface area contributed by atoms with Gasteiger partial charge in [0.25, 0.3) is 5.56 Å². The van der Waals surface area contributed by atoms with Crippen molar-refractivity contribution in [1.82, 2.24) is 20.2 Å². The fourth-order valence-corrected chi connectivity index (χ4v) is 3.52. The molecule has 2 aromatic carbocycles. The van der Waals surface area contributed by atoms with Gasteiger partial charge in [-0.2, -0.15) is 0 Å². The minimum absolute atomic E-state index is 0.0364. The molecule has 0 saturated carbocycles. The van der Waals surface area contributed by atoms with Crippen molar-refractivity contribution in [3.05, 3.63) is 75.8 Å². The van der Waals surface area contributed by atoms with E-state index in [1.807, 2.05) is 55.5 Å². The van der Waals surface area contributed by atoms with Crippen LogP contribution >= 0.6 is 0 Å². The van der Waals surface area contributed by atoms with Gasteiger partial charge in [-0.15, -0.1) is 0 Å². The van der Waals surface area contributed by atoms with Crippen molar-refractivity contribution in [3.63, 3.8) is 0 Å². The lowest BCUT2D eigenvalue weighted by atomic mass is 10.0. The van der Waals surface area contributed by atoms with E-state index in [4.69, 9.17) is 4.98 Å². The van der Waals surface area contributed by atoms with Crippen LogP contribution in [0.15, 0.2) is 53.3 Å². The largest absolute Gasteiger partial charge is 0.314 e. The Kier molecular flexibility index (Phi) is 4.34. The molecule has 0 amide bonds. The van der Waals surface area contributed by atoms with Crippen LogP contribution in [0.3, 0.4) is 0 Å². The van der Waals surface area contributed by atoms with Crippen LogP contribution in [0.4, 0.5) is 0 Å². The summed E-state index contributed by atoms with van der Waals surface area (Å²) in [5.41, 5.74) is 2.94. The summed E-state index contributed by atoms with van der Waals surface area (Å²) >= 11 is 0. The van der Waals surface area contributed by atoms with Gasteiger partial charge in [0.05, 0.1) is 17.4 Å². The number of benzene rings is 2. The molecule has 4 rings (SSSR count). The number of fused-ring (bicyclic) bond motifs is 1. The Balaban J connectivity index is 1.86. The molecule has 2 heterocycles. The number of nitrogens with zero attached hydrogens (tertiary/aromatic N) is 2. The van der Waals surface area contributed by atoms with E-state index < -0.39 is 0 Å². The average Bonchev–Trinajstić information content (AvgIpc) is 2.66. The molecule has 0 spiro atoms. The highest BCUT2D eigenvalue weighted by Crippen LogP contribution is 2.22. The van der Waals surface area contributed by atoms with Crippen LogP contribution < -0.4 is 16.2 Å². The molecule has 3 aromatic rings. The molecule has 128 valence electrons. The molecule has 1 aliphatic rings. The van der Waals surface area contributed by atoms with Crippen LogP contribution in [0.5, 0.6) is 0 Å². The fourth-order valence-electron chi connectivity index (χ4n) is 3.52. The molecule has 0 radical (unpaired) electrons. The first-order valence-electron chi connectivity index (χ1n) is 8.72. The predicted molar refractivity (Wildman–Crippen MR) is 99.9 cm³/mol. The molecule has 1 saturated heterocycles. The summed E-state index contributed by atoms with van der Waals surface area (Å²) in [5, 5.41) is 7.62. The maximum atomic E-state index is 13.3. The van der Waals surface area contributed by atoms with Crippen LogP contribution in [0, 0.1) is 6.92 Å². The van der Waals surface area contributed by atoms with Crippen molar-refractivity contribution in [1.29, 1.82) is 0 Å². The number of hydrogen-bond donors (Lipinski definition) is 2. The topological polar surface area (TPSA) is 59.0 Å². The van der Waals surface area contributed by atoms with Crippen LogP contribution in [0.2, 0.25) is 0 Å². The highest BCUT2D eigenvalue weighted by atomic mass is 16.1. The Hall–Kier alpha value is -2.50. The van der Waals surface area contributed by atoms with Gasteiger partial charge >= 0.3 is 0 Å². The van der Waals surface area contributed by atoms with Crippen LogP contribution in [-0.2, 0) is 6.54 Å². The minimum Gasteiger partial charge on any atom is -0.314 e. The van der Waals surface area contributed by atoms with Crippen molar-refractivity contribution in [3.8, 4) is 0 Å². The highest BCUT2D eigenvalue weighted by Gasteiger charge is 2.20. The second-order valence-corrected chi connectivity index (χ2v) is 6.49. The molecule has 0 aliphatic carbocycles. The summed E-state index contributed by atoms with van der Waals surface area (Å²) in [7, 11) is 0. The van der Waals surface area contributed by atoms with Gasteiger partial charge in [0.15, 0.2) is 0 Å².